The van der Waals surface area contributed by atoms with Gasteiger partial charge in [0.25, 0.3) is 0 Å². The summed E-state index contributed by atoms with van der Waals surface area (Å²) in [5.74, 6) is 1.12. The molecule has 1 aromatic rings. The molecule has 150 valence electrons. The van der Waals surface area contributed by atoms with E-state index in [1.54, 1.807) is 0 Å². The lowest BCUT2D eigenvalue weighted by Gasteiger charge is -2.35. The molecule has 2 fully saturated rings. The number of likely N-dealkylation sites (tertiary alicyclic amines) is 1. The molecule has 5 heteroatoms. The number of hydrogen-bond acceptors (Lipinski definition) is 3. The van der Waals surface area contributed by atoms with E-state index >= 15 is 0 Å². The Morgan fingerprint density at radius 1 is 1.22 bits per heavy atom. The van der Waals surface area contributed by atoms with Crippen molar-refractivity contribution in [1.29, 1.82) is 0 Å². The molecule has 27 heavy (non-hydrogen) atoms. The zero-order valence-corrected chi connectivity index (χ0v) is 16.7. The van der Waals surface area contributed by atoms with E-state index in [-0.39, 0.29) is 12.1 Å². The van der Waals surface area contributed by atoms with Crippen molar-refractivity contribution in [2.24, 2.45) is 11.8 Å². The number of amides is 2. The summed E-state index contributed by atoms with van der Waals surface area (Å²) < 4.78 is 5.61. The minimum Gasteiger partial charge on any atom is -0.381 e. The van der Waals surface area contributed by atoms with Crippen LogP contribution in [-0.2, 0) is 11.2 Å². The van der Waals surface area contributed by atoms with Gasteiger partial charge < -0.3 is 20.3 Å². The molecule has 2 aliphatic rings. The number of carbonyl (C=O) groups excluding carboxylic acids is 1. The van der Waals surface area contributed by atoms with E-state index in [2.05, 4.69) is 41.0 Å². The first kappa shape index (κ1) is 20.2. The molecule has 0 aliphatic carbocycles. The highest BCUT2D eigenvalue weighted by atomic mass is 16.5. The van der Waals surface area contributed by atoms with Crippen LogP contribution in [0.1, 0.15) is 37.7 Å². The second-order valence-corrected chi connectivity index (χ2v) is 8.17. The van der Waals surface area contributed by atoms with Crippen molar-refractivity contribution in [1.82, 2.24) is 15.5 Å². The van der Waals surface area contributed by atoms with Crippen LogP contribution in [0, 0.1) is 11.8 Å². The fourth-order valence-electron chi connectivity index (χ4n) is 4.46. The van der Waals surface area contributed by atoms with Gasteiger partial charge in [-0.2, -0.15) is 0 Å². The van der Waals surface area contributed by atoms with Gasteiger partial charge >= 0.3 is 6.03 Å². The monoisotopic (exact) mass is 373 g/mol. The van der Waals surface area contributed by atoms with E-state index in [0.717, 1.165) is 58.5 Å². The van der Waals surface area contributed by atoms with E-state index in [9.17, 15) is 4.79 Å². The Morgan fingerprint density at radius 2 is 2.04 bits per heavy atom. The summed E-state index contributed by atoms with van der Waals surface area (Å²) in [6.45, 7) is 4.26. The van der Waals surface area contributed by atoms with Crippen molar-refractivity contribution in [3.05, 3.63) is 35.9 Å². The third-order valence-corrected chi connectivity index (χ3v) is 5.82. The van der Waals surface area contributed by atoms with Gasteiger partial charge in [0.2, 0.25) is 0 Å². The van der Waals surface area contributed by atoms with E-state index in [1.165, 1.54) is 18.4 Å². The number of urea groups is 1. The van der Waals surface area contributed by atoms with Crippen molar-refractivity contribution in [3.63, 3.8) is 0 Å². The van der Waals surface area contributed by atoms with E-state index in [0.29, 0.717) is 11.8 Å². The first-order valence-corrected chi connectivity index (χ1v) is 10.6. The van der Waals surface area contributed by atoms with E-state index in [1.807, 2.05) is 11.9 Å². The minimum absolute atomic E-state index is 0.102. The number of rotatable bonds is 7. The fourth-order valence-corrected chi connectivity index (χ4v) is 4.46. The van der Waals surface area contributed by atoms with Crippen LogP contribution in [0.25, 0.3) is 0 Å². The summed E-state index contributed by atoms with van der Waals surface area (Å²) in [6.07, 6.45) is 6.70. The Hall–Kier alpha value is -1.59. The lowest BCUT2D eigenvalue weighted by Crippen LogP contribution is -2.51. The summed E-state index contributed by atoms with van der Waals surface area (Å²) >= 11 is 0. The quantitative estimate of drug-likeness (QED) is 0.772. The zero-order chi connectivity index (χ0) is 18.9. The van der Waals surface area contributed by atoms with Gasteiger partial charge in [-0.15, -0.1) is 0 Å². The lowest BCUT2D eigenvalue weighted by molar-refractivity contribution is 0.0476. The Bertz CT molecular complexity index is 560. The maximum absolute atomic E-state index is 12.9. The third kappa shape index (κ3) is 6.51. The van der Waals surface area contributed by atoms with E-state index < -0.39 is 0 Å². The minimum atomic E-state index is 0.102. The molecule has 1 aromatic carbocycles. The molecule has 0 spiro atoms. The van der Waals surface area contributed by atoms with Gasteiger partial charge in [-0.25, -0.2) is 4.79 Å². The van der Waals surface area contributed by atoms with Crippen molar-refractivity contribution in [3.8, 4) is 0 Å². The number of carbonyl (C=O) groups is 1. The lowest BCUT2D eigenvalue weighted by atomic mass is 9.91. The van der Waals surface area contributed by atoms with Crippen molar-refractivity contribution < 1.29 is 9.53 Å². The molecule has 2 heterocycles. The normalized spacial score (nSPS) is 24.4. The second kappa shape index (κ2) is 10.7. The first-order chi connectivity index (χ1) is 13.2. The van der Waals surface area contributed by atoms with Gasteiger partial charge in [-0.3, -0.25) is 0 Å². The topological polar surface area (TPSA) is 53.6 Å². The molecule has 5 nitrogen and oxygen atoms in total. The zero-order valence-electron chi connectivity index (χ0n) is 16.7. The van der Waals surface area contributed by atoms with Crippen LogP contribution in [0.5, 0.6) is 0 Å². The largest absolute Gasteiger partial charge is 0.381 e. The SMILES string of the molecule is CNC[C@H](CC1CCCOC1)NC(=O)N1CCC[C@@H](Cc2ccccc2)C1. The van der Waals surface area contributed by atoms with Gasteiger partial charge in [-0.1, -0.05) is 30.3 Å². The highest BCUT2D eigenvalue weighted by molar-refractivity contribution is 5.74. The van der Waals surface area contributed by atoms with Gasteiger partial charge in [0.15, 0.2) is 0 Å². The molecule has 0 radical (unpaired) electrons. The van der Waals surface area contributed by atoms with E-state index in [4.69, 9.17) is 4.74 Å². The highest BCUT2D eigenvalue weighted by Crippen LogP contribution is 2.22. The van der Waals surface area contributed by atoms with Crippen LogP contribution in [-0.4, -0.2) is 56.9 Å². The van der Waals surface area contributed by atoms with Crippen LogP contribution < -0.4 is 10.6 Å². The molecule has 2 aliphatic heterocycles. The third-order valence-electron chi connectivity index (χ3n) is 5.82. The molecular weight excluding hydrogens is 338 g/mol. The van der Waals surface area contributed by atoms with Crippen LogP contribution in [0.3, 0.4) is 0 Å². The number of hydrogen-bond donors (Lipinski definition) is 2. The smallest absolute Gasteiger partial charge is 0.317 e. The van der Waals surface area contributed by atoms with Gasteiger partial charge in [0.1, 0.15) is 0 Å². The van der Waals surface area contributed by atoms with Crippen molar-refractivity contribution >= 4 is 6.03 Å². The number of ether oxygens (including phenoxy) is 1. The molecule has 2 saturated heterocycles. The Kier molecular flexibility index (Phi) is 7.96. The average Bonchev–Trinajstić information content (AvgIpc) is 2.70. The molecule has 2 N–H and O–H groups in total. The number of likely N-dealkylation sites (N-methyl/N-ethyl adjacent to an activating group) is 1. The second-order valence-electron chi connectivity index (χ2n) is 8.17. The summed E-state index contributed by atoms with van der Waals surface area (Å²) in [5, 5.41) is 6.52. The number of benzene rings is 1. The molecule has 2 amide bonds. The van der Waals surface area contributed by atoms with Gasteiger partial charge in [0, 0.05) is 38.9 Å². The Morgan fingerprint density at radius 3 is 2.78 bits per heavy atom. The van der Waals surface area contributed by atoms with Crippen molar-refractivity contribution in [2.45, 2.75) is 44.6 Å². The Labute approximate surface area is 163 Å². The van der Waals surface area contributed by atoms with Crippen LogP contribution in [0.15, 0.2) is 30.3 Å². The molecular formula is C22H35N3O2. The molecule has 0 saturated carbocycles. The standard InChI is InChI=1S/C22H35N3O2/c1-23-15-21(14-20-10-6-12-27-17-20)24-22(26)25-11-5-9-19(16-25)13-18-7-3-2-4-8-18/h2-4,7-8,19-21,23H,5-6,9-17H2,1H3,(H,24,26)/t19-,20?,21-/m0/s1. The number of piperidine rings is 1. The maximum Gasteiger partial charge on any atom is 0.317 e. The molecule has 3 rings (SSSR count). The predicted molar refractivity (Wildman–Crippen MR) is 109 cm³/mol. The average molecular weight is 374 g/mol. The van der Waals surface area contributed by atoms with Crippen LogP contribution >= 0.6 is 0 Å². The number of nitrogens with one attached hydrogen (secondary N) is 2. The molecule has 0 bridgehead atoms. The molecule has 3 atom stereocenters. The van der Waals surface area contributed by atoms with Gasteiger partial charge in [-0.05, 0) is 63.0 Å². The van der Waals surface area contributed by atoms with Gasteiger partial charge in [0.05, 0.1) is 0 Å². The summed E-state index contributed by atoms with van der Waals surface area (Å²) in [7, 11) is 1.95. The maximum atomic E-state index is 12.9. The summed E-state index contributed by atoms with van der Waals surface area (Å²) in [6, 6.07) is 10.9. The molecule has 1 unspecified atom stereocenters. The highest BCUT2D eigenvalue weighted by Gasteiger charge is 2.26. The summed E-state index contributed by atoms with van der Waals surface area (Å²) in [5.41, 5.74) is 1.37. The van der Waals surface area contributed by atoms with Crippen LogP contribution in [0.2, 0.25) is 0 Å². The number of nitrogens with zero attached hydrogens (tertiary/aromatic N) is 1. The van der Waals surface area contributed by atoms with Crippen LogP contribution in [0.4, 0.5) is 4.79 Å². The molecule has 0 aromatic heterocycles. The fraction of sp³-hybridized carbons (Fsp3) is 0.682. The predicted octanol–water partition coefficient (Wildman–Crippen LogP) is 3.06. The van der Waals surface area contributed by atoms with Crippen molar-refractivity contribution in [2.75, 3.05) is 39.9 Å². The summed E-state index contributed by atoms with van der Waals surface area (Å²) in [4.78, 5) is 14.9. The first-order valence-electron chi connectivity index (χ1n) is 10.6. The Balaban J connectivity index is 1.50.